The quantitative estimate of drug-likeness (QED) is 0.537. The second-order valence-electron chi connectivity index (χ2n) is 9.23. The molecule has 2 aliphatic rings. The minimum atomic E-state index is -0.861. The number of halogens is 1. The molecular formula is C24H32ClN3O6. The summed E-state index contributed by atoms with van der Waals surface area (Å²) in [6, 6.07) is 4.45. The van der Waals surface area contributed by atoms with Crippen LogP contribution in [-0.2, 0) is 23.9 Å². The fourth-order valence-electron chi connectivity index (χ4n) is 4.18. The molecular weight excluding hydrogens is 462 g/mol. The standard InChI is InChI=1S/C24H32ClN3O6/c1-13(2)20(27-21(30)15-8-5-6-9-16(15)25)23(32)28-11-7-10-18(28)22(31)26-17-12-19(29)34-24(17)33-14(3)4/h5-6,8-9,13-14,17-18,20,24H,7,10-12H2,1-4H3,(H,26,31)(H,27,30)/t17-,18-,20-,24+/m0/s1. The van der Waals surface area contributed by atoms with Gasteiger partial charge in [0.15, 0.2) is 0 Å². The van der Waals surface area contributed by atoms with Crippen molar-refractivity contribution in [2.45, 2.75) is 77.5 Å². The number of benzene rings is 1. The molecule has 1 aromatic carbocycles. The van der Waals surface area contributed by atoms with Gasteiger partial charge in [-0.05, 0) is 44.7 Å². The van der Waals surface area contributed by atoms with Gasteiger partial charge in [0.1, 0.15) is 18.1 Å². The summed E-state index contributed by atoms with van der Waals surface area (Å²) >= 11 is 6.13. The molecule has 9 nitrogen and oxygen atoms in total. The highest BCUT2D eigenvalue weighted by molar-refractivity contribution is 6.33. The maximum Gasteiger partial charge on any atom is 0.310 e. The highest BCUT2D eigenvalue weighted by Crippen LogP contribution is 2.23. The van der Waals surface area contributed by atoms with Gasteiger partial charge in [-0.2, -0.15) is 0 Å². The van der Waals surface area contributed by atoms with Crippen LogP contribution in [0.3, 0.4) is 0 Å². The van der Waals surface area contributed by atoms with E-state index in [0.29, 0.717) is 24.4 Å². The van der Waals surface area contributed by atoms with Crippen LogP contribution in [0.25, 0.3) is 0 Å². The summed E-state index contributed by atoms with van der Waals surface area (Å²) in [6.45, 7) is 7.68. The van der Waals surface area contributed by atoms with Crippen LogP contribution in [0.2, 0.25) is 5.02 Å². The van der Waals surface area contributed by atoms with E-state index in [4.69, 9.17) is 21.1 Å². The zero-order valence-corrected chi connectivity index (χ0v) is 20.6. The second-order valence-corrected chi connectivity index (χ2v) is 9.63. The van der Waals surface area contributed by atoms with E-state index in [-0.39, 0.29) is 35.8 Å². The topological polar surface area (TPSA) is 114 Å². The molecule has 0 unspecified atom stereocenters. The summed E-state index contributed by atoms with van der Waals surface area (Å²) in [6.07, 6.45) is 0.0949. The number of hydrogen-bond acceptors (Lipinski definition) is 6. The summed E-state index contributed by atoms with van der Waals surface area (Å²) in [4.78, 5) is 52.6. The van der Waals surface area contributed by atoms with Crippen molar-refractivity contribution in [2.75, 3.05) is 6.54 Å². The summed E-state index contributed by atoms with van der Waals surface area (Å²) < 4.78 is 10.8. The molecule has 0 bridgehead atoms. The van der Waals surface area contributed by atoms with E-state index in [1.54, 1.807) is 24.3 Å². The van der Waals surface area contributed by atoms with Crippen molar-refractivity contribution in [3.63, 3.8) is 0 Å². The van der Waals surface area contributed by atoms with Crippen molar-refractivity contribution in [1.82, 2.24) is 15.5 Å². The monoisotopic (exact) mass is 493 g/mol. The van der Waals surface area contributed by atoms with E-state index in [1.165, 1.54) is 4.90 Å². The van der Waals surface area contributed by atoms with Gasteiger partial charge in [-0.1, -0.05) is 37.6 Å². The fourth-order valence-corrected chi connectivity index (χ4v) is 4.41. The van der Waals surface area contributed by atoms with Crippen molar-refractivity contribution < 1.29 is 28.7 Å². The molecule has 0 aromatic heterocycles. The molecule has 34 heavy (non-hydrogen) atoms. The maximum absolute atomic E-state index is 13.4. The first kappa shape index (κ1) is 26.0. The first-order chi connectivity index (χ1) is 16.1. The first-order valence-corrected chi connectivity index (χ1v) is 12.0. The van der Waals surface area contributed by atoms with E-state index < -0.39 is 36.3 Å². The van der Waals surface area contributed by atoms with Crippen molar-refractivity contribution in [3.8, 4) is 0 Å². The van der Waals surface area contributed by atoms with Gasteiger partial charge >= 0.3 is 5.97 Å². The summed E-state index contributed by atoms with van der Waals surface area (Å²) in [5.41, 5.74) is 0.278. The average molecular weight is 494 g/mol. The minimum Gasteiger partial charge on any atom is -0.433 e. The van der Waals surface area contributed by atoms with Crippen LogP contribution in [0.5, 0.6) is 0 Å². The average Bonchev–Trinajstić information content (AvgIpc) is 3.38. The molecule has 3 rings (SSSR count). The number of carbonyl (C=O) groups excluding carboxylic acids is 4. The lowest BCUT2D eigenvalue weighted by atomic mass is 10.0. The molecule has 2 aliphatic heterocycles. The summed E-state index contributed by atoms with van der Waals surface area (Å²) in [5, 5.41) is 5.90. The third-order valence-electron chi connectivity index (χ3n) is 5.87. The Hall–Kier alpha value is -2.65. The molecule has 0 saturated carbocycles. The Morgan fingerprint density at radius 3 is 2.53 bits per heavy atom. The van der Waals surface area contributed by atoms with Gasteiger partial charge in [-0.3, -0.25) is 19.2 Å². The van der Waals surface area contributed by atoms with Gasteiger partial charge in [-0.25, -0.2) is 0 Å². The number of rotatable bonds is 8. The number of nitrogens with zero attached hydrogens (tertiary/aromatic N) is 1. The third-order valence-corrected chi connectivity index (χ3v) is 6.20. The predicted octanol–water partition coefficient (Wildman–Crippen LogP) is 2.27. The molecule has 2 saturated heterocycles. The molecule has 0 aliphatic carbocycles. The highest BCUT2D eigenvalue weighted by Gasteiger charge is 2.42. The molecule has 186 valence electrons. The lowest BCUT2D eigenvalue weighted by Gasteiger charge is -2.31. The molecule has 2 fully saturated rings. The van der Waals surface area contributed by atoms with Crippen LogP contribution in [0.1, 0.15) is 57.3 Å². The number of ether oxygens (including phenoxy) is 2. The van der Waals surface area contributed by atoms with E-state index in [9.17, 15) is 19.2 Å². The molecule has 0 spiro atoms. The van der Waals surface area contributed by atoms with E-state index in [0.717, 1.165) is 0 Å². The smallest absolute Gasteiger partial charge is 0.310 e. The van der Waals surface area contributed by atoms with Crippen LogP contribution < -0.4 is 10.6 Å². The fraction of sp³-hybridized carbons (Fsp3) is 0.583. The minimum absolute atomic E-state index is 0.00625. The van der Waals surface area contributed by atoms with Crippen LogP contribution >= 0.6 is 11.6 Å². The van der Waals surface area contributed by atoms with Gasteiger partial charge in [0.25, 0.3) is 5.91 Å². The number of carbonyl (C=O) groups is 4. The van der Waals surface area contributed by atoms with Crippen molar-refractivity contribution in [1.29, 1.82) is 0 Å². The van der Waals surface area contributed by atoms with E-state index >= 15 is 0 Å². The van der Waals surface area contributed by atoms with Crippen LogP contribution in [0.15, 0.2) is 24.3 Å². The van der Waals surface area contributed by atoms with Gasteiger partial charge < -0.3 is 25.0 Å². The molecule has 1 aromatic rings. The number of hydrogen-bond donors (Lipinski definition) is 2. The van der Waals surface area contributed by atoms with E-state index in [2.05, 4.69) is 10.6 Å². The number of esters is 1. The molecule has 10 heteroatoms. The predicted molar refractivity (Wildman–Crippen MR) is 125 cm³/mol. The SMILES string of the molecule is CC(C)O[C@@H]1OC(=O)C[C@@H]1NC(=O)[C@@H]1CCCN1C(=O)[C@@H](NC(=O)c1ccccc1Cl)C(C)C. The van der Waals surface area contributed by atoms with Crippen LogP contribution in [0.4, 0.5) is 0 Å². The Balaban J connectivity index is 1.70. The number of likely N-dealkylation sites (tertiary alicyclic amines) is 1. The highest BCUT2D eigenvalue weighted by atomic mass is 35.5. The zero-order chi connectivity index (χ0) is 25.0. The van der Waals surface area contributed by atoms with Crippen molar-refractivity contribution >= 4 is 35.3 Å². The Kier molecular flexibility index (Phi) is 8.54. The van der Waals surface area contributed by atoms with Gasteiger partial charge in [0, 0.05) is 6.54 Å². The molecule has 0 radical (unpaired) electrons. The summed E-state index contributed by atoms with van der Waals surface area (Å²) in [7, 11) is 0. The number of amides is 3. The zero-order valence-electron chi connectivity index (χ0n) is 19.9. The normalized spacial score (nSPS) is 23.2. The third kappa shape index (κ3) is 6.07. The molecule has 2 heterocycles. The summed E-state index contributed by atoms with van der Waals surface area (Å²) in [5.74, 6) is -1.81. The Bertz CT molecular complexity index is 937. The lowest BCUT2D eigenvalue weighted by Crippen LogP contribution is -2.56. The second kappa shape index (κ2) is 11.2. The van der Waals surface area contributed by atoms with Crippen LogP contribution in [0, 0.1) is 5.92 Å². The van der Waals surface area contributed by atoms with Gasteiger partial charge in [0.2, 0.25) is 18.1 Å². The molecule has 3 amide bonds. The maximum atomic E-state index is 13.4. The Morgan fingerprint density at radius 2 is 1.88 bits per heavy atom. The van der Waals surface area contributed by atoms with Gasteiger partial charge in [-0.15, -0.1) is 0 Å². The van der Waals surface area contributed by atoms with Gasteiger partial charge in [0.05, 0.1) is 23.1 Å². The van der Waals surface area contributed by atoms with E-state index in [1.807, 2.05) is 27.7 Å². The lowest BCUT2D eigenvalue weighted by molar-refractivity contribution is -0.173. The Labute approximate surface area is 204 Å². The number of cyclic esters (lactones) is 1. The van der Waals surface area contributed by atoms with Crippen molar-refractivity contribution in [3.05, 3.63) is 34.9 Å². The first-order valence-electron chi connectivity index (χ1n) is 11.6. The number of nitrogens with one attached hydrogen (secondary N) is 2. The largest absolute Gasteiger partial charge is 0.433 e. The Morgan fingerprint density at radius 1 is 1.18 bits per heavy atom. The van der Waals surface area contributed by atoms with Crippen molar-refractivity contribution in [2.24, 2.45) is 5.92 Å². The molecule has 4 atom stereocenters. The van der Waals surface area contributed by atoms with Crippen LogP contribution in [-0.4, -0.2) is 65.7 Å². The molecule has 2 N–H and O–H groups in total.